The highest BCUT2D eigenvalue weighted by Crippen LogP contribution is 2.57. The minimum atomic E-state index is -2.05. The lowest BCUT2D eigenvalue weighted by Gasteiger charge is -2.27. The van der Waals surface area contributed by atoms with E-state index in [9.17, 15) is 19.2 Å². The summed E-state index contributed by atoms with van der Waals surface area (Å²) in [6, 6.07) is 20.9. The van der Waals surface area contributed by atoms with Gasteiger partial charge in [-0.25, -0.2) is 4.90 Å². The molecule has 0 unspecified atom stereocenters. The number of carbonyl (C=O) groups is 4. The second-order valence-corrected chi connectivity index (χ2v) is 10.1. The minimum Gasteiger partial charge on any atom is -0.349 e. The van der Waals surface area contributed by atoms with E-state index in [2.05, 4.69) is 22.6 Å². The van der Waals surface area contributed by atoms with Crippen molar-refractivity contribution in [3.8, 4) is 0 Å². The Morgan fingerprint density at radius 1 is 0.794 bits per heavy atom. The van der Waals surface area contributed by atoms with Crippen molar-refractivity contribution in [2.45, 2.75) is 18.6 Å². The molecule has 6 nitrogen and oxygen atoms in total. The molecule has 168 valence electrons. The third kappa shape index (κ3) is 2.71. The van der Waals surface area contributed by atoms with Crippen LogP contribution in [0.4, 0.5) is 5.69 Å². The van der Waals surface area contributed by atoms with E-state index in [1.807, 2.05) is 31.2 Å². The summed E-state index contributed by atoms with van der Waals surface area (Å²) in [4.78, 5) is 56.1. The average molecular weight is 563 g/mol. The molecule has 0 saturated carbocycles. The monoisotopic (exact) mass is 563 g/mol. The Bertz CT molecular complexity index is 1360. The van der Waals surface area contributed by atoms with Crippen molar-refractivity contribution in [2.24, 2.45) is 11.8 Å². The lowest BCUT2D eigenvalue weighted by molar-refractivity contribution is -0.127. The van der Waals surface area contributed by atoms with Crippen LogP contribution in [0, 0.1) is 22.3 Å². The summed E-state index contributed by atoms with van der Waals surface area (Å²) in [5.41, 5.74) is 0.488. The predicted molar refractivity (Wildman–Crippen MR) is 131 cm³/mol. The molecule has 6 rings (SSSR count). The summed E-state index contributed by atoms with van der Waals surface area (Å²) in [7, 11) is 0. The highest BCUT2D eigenvalue weighted by atomic mass is 127. The van der Waals surface area contributed by atoms with E-state index in [0.717, 1.165) is 14.0 Å². The maximum absolute atomic E-state index is 13.8. The van der Waals surface area contributed by atoms with Crippen LogP contribution in [-0.2, 0) is 14.3 Å². The molecule has 2 amide bonds. The molecule has 3 atom stereocenters. The minimum absolute atomic E-state index is 0.226. The molecule has 1 aliphatic carbocycles. The van der Waals surface area contributed by atoms with Crippen LogP contribution in [0.3, 0.4) is 0 Å². The number of hydrogen-bond acceptors (Lipinski definition) is 5. The number of hydrogen-bond donors (Lipinski definition) is 0. The van der Waals surface area contributed by atoms with Crippen LogP contribution >= 0.6 is 22.6 Å². The summed E-state index contributed by atoms with van der Waals surface area (Å²) in [6.45, 7) is 1.94. The van der Waals surface area contributed by atoms with E-state index in [1.54, 1.807) is 48.5 Å². The molecular formula is C27H18INO5. The molecule has 3 aromatic carbocycles. The predicted octanol–water partition coefficient (Wildman–Crippen LogP) is 4.29. The van der Waals surface area contributed by atoms with Crippen molar-refractivity contribution in [2.75, 3.05) is 4.90 Å². The van der Waals surface area contributed by atoms with Gasteiger partial charge in [0.15, 0.2) is 0 Å². The number of benzene rings is 3. The second-order valence-electron chi connectivity index (χ2n) is 8.88. The SMILES string of the molecule is Cc1ccc([C@@H]2OC3(C(=O)c4ccccc4C3=O)[C@@H]3C(=O)N(c4ccc(I)cc4)C(=O)[C@@H]32)cc1. The van der Waals surface area contributed by atoms with E-state index in [4.69, 9.17) is 4.74 Å². The number of imide groups is 1. The first-order chi connectivity index (χ1) is 16.3. The van der Waals surface area contributed by atoms with Crippen molar-refractivity contribution >= 4 is 51.7 Å². The summed E-state index contributed by atoms with van der Waals surface area (Å²) in [5.74, 6) is -4.38. The Hall–Kier alpha value is -3.17. The number of halogens is 1. The van der Waals surface area contributed by atoms with Gasteiger partial charge in [0.25, 0.3) is 0 Å². The van der Waals surface area contributed by atoms with Crippen LogP contribution in [0.1, 0.15) is 37.9 Å². The molecular weight excluding hydrogens is 545 g/mol. The number of amides is 2. The fourth-order valence-corrected chi connectivity index (χ4v) is 5.78. The molecule has 2 heterocycles. The van der Waals surface area contributed by atoms with Gasteiger partial charge in [-0.15, -0.1) is 0 Å². The van der Waals surface area contributed by atoms with Crippen LogP contribution < -0.4 is 4.90 Å². The van der Waals surface area contributed by atoms with E-state index in [0.29, 0.717) is 11.3 Å². The van der Waals surface area contributed by atoms with Crippen LogP contribution in [-0.4, -0.2) is 29.0 Å². The van der Waals surface area contributed by atoms with Crippen molar-refractivity contribution in [3.63, 3.8) is 0 Å². The number of rotatable bonds is 2. The second kappa shape index (κ2) is 7.41. The van der Waals surface area contributed by atoms with Crippen LogP contribution in [0.15, 0.2) is 72.8 Å². The molecule has 7 heteroatoms. The van der Waals surface area contributed by atoms with E-state index < -0.39 is 46.9 Å². The summed E-state index contributed by atoms with van der Waals surface area (Å²) in [5, 5.41) is 0. The Balaban J connectivity index is 1.54. The van der Waals surface area contributed by atoms with Gasteiger partial charge < -0.3 is 4.74 Å². The number of ketones is 2. The summed E-state index contributed by atoms with van der Waals surface area (Å²) in [6.07, 6.45) is -0.905. The summed E-state index contributed by atoms with van der Waals surface area (Å²) < 4.78 is 7.24. The standard InChI is InChI=1S/C27H18INO5/c1-14-6-8-15(9-7-14)22-20-21(26(33)29(25(20)32)17-12-10-16(28)11-13-17)27(34-22)23(30)18-4-2-3-5-19(18)24(27)31/h2-13,20-22H,1H3/t20-,21-,22-/m0/s1. The van der Waals surface area contributed by atoms with Crippen LogP contribution in [0.2, 0.25) is 0 Å². The van der Waals surface area contributed by atoms with E-state index >= 15 is 0 Å². The maximum atomic E-state index is 13.8. The van der Waals surface area contributed by atoms with Crippen LogP contribution in [0.5, 0.6) is 0 Å². The number of aryl methyl sites for hydroxylation is 1. The normalized spacial score (nSPS) is 24.8. The molecule has 2 saturated heterocycles. The van der Waals surface area contributed by atoms with Gasteiger partial charge in [0.05, 0.1) is 23.6 Å². The molecule has 1 spiro atoms. The number of fused-ring (bicyclic) bond motifs is 3. The highest BCUT2D eigenvalue weighted by molar-refractivity contribution is 14.1. The Morgan fingerprint density at radius 3 is 1.97 bits per heavy atom. The van der Waals surface area contributed by atoms with Crippen molar-refractivity contribution in [1.82, 2.24) is 0 Å². The highest BCUT2D eigenvalue weighted by Gasteiger charge is 2.74. The summed E-state index contributed by atoms with van der Waals surface area (Å²) >= 11 is 2.14. The lowest BCUT2D eigenvalue weighted by atomic mass is 9.77. The molecule has 0 N–H and O–H groups in total. The first-order valence-electron chi connectivity index (χ1n) is 10.9. The number of anilines is 1. The largest absolute Gasteiger partial charge is 0.349 e. The molecule has 0 aromatic heterocycles. The quantitative estimate of drug-likeness (QED) is 0.264. The van der Waals surface area contributed by atoms with Gasteiger partial charge in [-0.1, -0.05) is 54.1 Å². The van der Waals surface area contributed by atoms with Crippen molar-refractivity contribution < 1.29 is 23.9 Å². The van der Waals surface area contributed by atoms with E-state index in [1.165, 1.54) is 0 Å². The molecule has 3 aliphatic rings. The Labute approximate surface area is 209 Å². The first kappa shape index (κ1) is 21.4. The van der Waals surface area contributed by atoms with Crippen molar-refractivity contribution in [3.05, 3.63) is 98.6 Å². The molecule has 0 bridgehead atoms. The number of Topliss-reactive ketones (excluding diaryl/α,β-unsaturated/α-hetero) is 2. The van der Waals surface area contributed by atoms with Crippen molar-refractivity contribution in [1.29, 1.82) is 0 Å². The van der Waals surface area contributed by atoms with Gasteiger partial charge >= 0.3 is 0 Å². The maximum Gasteiger partial charge on any atom is 0.241 e. The third-order valence-electron chi connectivity index (χ3n) is 7.01. The van der Waals surface area contributed by atoms with Gasteiger partial charge in [0, 0.05) is 14.7 Å². The number of nitrogens with zero attached hydrogens (tertiary/aromatic N) is 1. The molecule has 2 fully saturated rings. The fraction of sp³-hybridized carbons (Fsp3) is 0.185. The zero-order chi connectivity index (χ0) is 23.8. The molecule has 34 heavy (non-hydrogen) atoms. The fourth-order valence-electron chi connectivity index (χ4n) is 5.42. The Kier molecular flexibility index (Phi) is 4.66. The van der Waals surface area contributed by atoms with Crippen LogP contribution in [0.25, 0.3) is 0 Å². The molecule has 3 aromatic rings. The van der Waals surface area contributed by atoms with Gasteiger partial charge in [0.1, 0.15) is 0 Å². The zero-order valence-electron chi connectivity index (χ0n) is 18.0. The van der Waals surface area contributed by atoms with Gasteiger partial charge in [-0.2, -0.15) is 0 Å². The van der Waals surface area contributed by atoms with E-state index in [-0.39, 0.29) is 11.1 Å². The molecule has 2 aliphatic heterocycles. The first-order valence-corrected chi connectivity index (χ1v) is 12.0. The van der Waals surface area contributed by atoms with Gasteiger partial charge in [-0.3, -0.25) is 19.2 Å². The topological polar surface area (TPSA) is 80.8 Å². The number of ether oxygens (including phenoxy) is 1. The zero-order valence-corrected chi connectivity index (χ0v) is 20.2. The smallest absolute Gasteiger partial charge is 0.241 e. The third-order valence-corrected chi connectivity index (χ3v) is 7.73. The molecule has 0 radical (unpaired) electrons. The van der Waals surface area contributed by atoms with Gasteiger partial charge in [-0.05, 0) is 59.3 Å². The lowest BCUT2D eigenvalue weighted by Crippen LogP contribution is -2.51. The average Bonchev–Trinajstić information content (AvgIpc) is 3.40. The Morgan fingerprint density at radius 2 is 1.38 bits per heavy atom. The van der Waals surface area contributed by atoms with Gasteiger partial charge in [0.2, 0.25) is 29.0 Å². The number of carbonyl (C=O) groups excluding carboxylic acids is 4.